The predicted molar refractivity (Wildman–Crippen MR) is 81.8 cm³/mol. The van der Waals surface area contributed by atoms with Gasteiger partial charge in [-0.1, -0.05) is 71.1 Å². The molecule has 1 aliphatic rings. The lowest BCUT2D eigenvalue weighted by Crippen LogP contribution is -2.25. The molecule has 3 nitrogen and oxygen atoms in total. The van der Waals surface area contributed by atoms with Gasteiger partial charge in [-0.25, -0.2) is 4.79 Å². The molecule has 1 saturated heterocycles. The van der Waals surface area contributed by atoms with E-state index in [0.29, 0.717) is 6.61 Å². The van der Waals surface area contributed by atoms with Gasteiger partial charge in [0.1, 0.15) is 0 Å². The highest BCUT2D eigenvalue weighted by molar-refractivity contribution is 5.82. The van der Waals surface area contributed by atoms with Crippen LogP contribution in [-0.4, -0.2) is 25.3 Å². The van der Waals surface area contributed by atoms with Crippen LogP contribution in [0, 0.1) is 0 Å². The quantitative estimate of drug-likeness (QED) is 0.281. The molecule has 1 rings (SSSR count). The van der Waals surface area contributed by atoms with Crippen LogP contribution in [0.2, 0.25) is 0 Å². The molecule has 20 heavy (non-hydrogen) atoms. The van der Waals surface area contributed by atoms with E-state index in [4.69, 9.17) is 9.47 Å². The molecular weight excluding hydrogens is 252 g/mol. The van der Waals surface area contributed by atoms with Crippen molar-refractivity contribution in [2.24, 2.45) is 0 Å². The summed E-state index contributed by atoms with van der Waals surface area (Å²) in [7, 11) is 1.44. The topological polar surface area (TPSA) is 38.8 Å². The first-order valence-electron chi connectivity index (χ1n) is 8.47. The summed E-state index contributed by atoms with van der Waals surface area (Å²) in [4.78, 5) is 11.5. The Morgan fingerprint density at radius 1 is 0.950 bits per heavy atom. The van der Waals surface area contributed by atoms with Gasteiger partial charge in [0, 0.05) is 0 Å². The molecule has 1 fully saturated rings. The summed E-state index contributed by atoms with van der Waals surface area (Å²) in [6, 6.07) is 0. The van der Waals surface area contributed by atoms with Crippen molar-refractivity contribution in [1.29, 1.82) is 0 Å². The second-order valence-corrected chi connectivity index (χ2v) is 6.06. The molecular formula is C17H32O3. The second kappa shape index (κ2) is 10.2. The van der Waals surface area contributed by atoms with Gasteiger partial charge in [-0.2, -0.15) is 0 Å². The third-order valence-electron chi connectivity index (χ3n) is 4.23. The van der Waals surface area contributed by atoms with Gasteiger partial charge in [0.05, 0.1) is 13.7 Å². The molecule has 0 radical (unpaired) electrons. The summed E-state index contributed by atoms with van der Waals surface area (Å²) in [6.07, 6.45) is 15.4. The van der Waals surface area contributed by atoms with Crippen LogP contribution in [-0.2, 0) is 14.3 Å². The van der Waals surface area contributed by atoms with E-state index >= 15 is 0 Å². The Balaban J connectivity index is 1.82. The van der Waals surface area contributed by atoms with Crippen molar-refractivity contribution >= 4 is 5.97 Å². The number of rotatable bonds is 13. The van der Waals surface area contributed by atoms with Gasteiger partial charge in [0.2, 0.25) is 0 Å². The fraction of sp³-hybridized carbons (Fsp3) is 0.941. The van der Waals surface area contributed by atoms with Gasteiger partial charge in [0.25, 0.3) is 0 Å². The third-order valence-corrected chi connectivity index (χ3v) is 4.23. The summed E-state index contributed by atoms with van der Waals surface area (Å²) in [6.45, 7) is 2.81. The van der Waals surface area contributed by atoms with E-state index < -0.39 is 5.60 Å². The number of methoxy groups -OCH3 is 1. The van der Waals surface area contributed by atoms with Crippen molar-refractivity contribution in [3.8, 4) is 0 Å². The average Bonchev–Trinajstić information content (AvgIpc) is 3.25. The van der Waals surface area contributed by atoms with Crippen LogP contribution >= 0.6 is 0 Å². The standard InChI is InChI=1S/C17H32O3/c1-3-4-5-6-7-8-9-10-11-12-13-14-17(15-20-17)16(18)19-2/h3-15H2,1-2H3/t17-/m1/s1. The number of carbonyl (C=O) groups is 1. The summed E-state index contributed by atoms with van der Waals surface area (Å²) < 4.78 is 10.0. The van der Waals surface area contributed by atoms with Gasteiger partial charge < -0.3 is 9.47 Å². The molecule has 0 aromatic carbocycles. The minimum absolute atomic E-state index is 0.190. The van der Waals surface area contributed by atoms with Crippen LogP contribution in [0.5, 0.6) is 0 Å². The smallest absolute Gasteiger partial charge is 0.340 e. The monoisotopic (exact) mass is 284 g/mol. The number of hydrogen-bond donors (Lipinski definition) is 0. The van der Waals surface area contributed by atoms with E-state index in [0.717, 1.165) is 12.8 Å². The molecule has 118 valence electrons. The predicted octanol–water partition coefficient (Wildman–Crippen LogP) is 4.63. The number of unbranched alkanes of at least 4 members (excludes halogenated alkanes) is 10. The third kappa shape index (κ3) is 6.74. The Labute approximate surface area is 124 Å². The van der Waals surface area contributed by atoms with Gasteiger partial charge in [-0.3, -0.25) is 0 Å². The zero-order valence-corrected chi connectivity index (χ0v) is 13.4. The highest BCUT2D eigenvalue weighted by Gasteiger charge is 2.52. The molecule has 1 atom stereocenters. The van der Waals surface area contributed by atoms with Crippen LogP contribution in [0.15, 0.2) is 0 Å². The molecule has 0 aromatic heterocycles. The lowest BCUT2D eigenvalue weighted by atomic mass is 10.0. The number of ether oxygens (including phenoxy) is 2. The lowest BCUT2D eigenvalue weighted by molar-refractivity contribution is -0.147. The molecule has 1 heterocycles. The van der Waals surface area contributed by atoms with Crippen molar-refractivity contribution in [2.45, 2.75) is 89.6 Å². The largest absolute Gasteiger partial charge is 0.467 e. The number of esters is 1. The van der Waals surface area contributed by atoms with Crippen molar-refractivity contribution in [2.75, 3.05) is 13.7 Å². The average molecular weight is 284 g/mol. The molecule has 0 unspecified atom stereocenters. The Morgan fingerprint density at radius 3 is 1.80 bits per heavy atom. The Hall–Kier alpha value is -0.570. The van der Waals surface area contributed by atoms with Gasteiger partial charge in [-0.15, -0.1) is 0 Å². The minimum atomic E-state index is -0.561. The molecule has 0 amide bonds. The maximum atomic E-state index is 11.5. The second-order valence-electron chi connectivity index (χ2n) is 6.06. The first kappa shape index (κ1) is 17.5. The number of hydrogen-bond acceptors (Lipinski definition) is 3. The van der Waals surface area contributed by atoms with Crippen LogP contribution in [0.1, 0.15) is 84.0 Å². The maximum Gasteiger partial charge on any atom is 0.340 e. The van der Waals surface area contributed by atoms with Crippen LogP contribution in [0.4, 0.5) is 0 Å². The molecule has 0 saturated carbocycles. The van der Waals surface area contributed by atoms with E-state index in [1.165, 1.54) is 71.3 Å². The number of epoxide rings is 1. The van der Waals surface area contributed by atoms with E-state index in [-0.39, 0.29) is 5.97 Å². The first-order chi connectivity index (χ1) is 9.75. The summed E-state index contributed by atoms with van der Waals surface area (Å²) in [5.41, 5.74) is -0.561. The van der Waals surface area contributed by atoms with Gasteiger partial charge in [-0.05, 0) is 12.8 Å². The van der Waals surface area contributed by atoms with Crippen molar-refractivity contribution in [1.82, 2.24) is 0 Å². The zero-order valence-electron chi connectivity index (χ0n) is 13.4. The fourth-order valence-corrected chi connectivity index (χ4v) is 2.71. The minimum Gasteiger partial charge on any atom is -0.467 e. The maximum absolute atomic E-state index is 11.5. The highest BCUT2D eigenvalue weighted by Crippen LogP contribution is 2.34. The molecule has 3 heteroatoms. The highest BCUT2D eigenvalue weighted by atomic mass is 16.6. The molecule has 0 aliphatic carbocycles. The van der Waals surface area contributed by atoms with Gasteiger partial charge >= 0.3 is 5.97 Å². The van der Waals surface area contributed by atoms with Crippen LogP contribution in [0.3, 0.4) is 0 Å². The molecule has 0 aromatic rings. The van der Waals surface area contributed by atoms with Gasteiger partial charge in [0.15, 0.2) is 5.60 Å². The van der Waals surface area contributed by atoms with Crippen molar-refractivity contribution < 1.29 is 14.3 Å². The number of carbonyl (C=O) groups excluding carboxylic acids is 1. The van der Waals surface area contributed by atoms with Crippen LogP contribution < -0.4 is 0 Å². The normalized spacial score (nSPS) is 20.9. The SMILES string of the molecule is CCCCCCCCCCCCC[C@]1(C(=O)OC)CO1. The molecule has 0 bridgehead atoms. The first-order valence-corrected chi connectivity index (χ1v) is 8.47. The summed E-state index contributed by atoms with van der Waals surface area (Å²) in [5.74, 6) is -0.190. The molecule has 0 spiro atoms. The zero-order chi connectivity index (χ0) is 14.7. The Morgan fingerprint density at radius 2 is 1.40 bits per heavy atom. The Kier molecular flexibility index (Phi) is 8.92. The van der Waals surface area contributed by atoms with E-state index in [1.54, 1.807) is 0 Å². The Bertz CT molecular complexity index is 259. The summed E-state index contributed by atoms with van der Waals surface area (Å²) >= 11 is 0. The van der Waals surface area contributed by atoms with E-state index in [1.807, 2.05) is 0 Å². The van der Waals surface area contributed by atoms with Crippen molar-refractivity contribution in [3.63, 3.8) is 0 Å². The fourth-order valence-electron chi connectivity index (χ4n) is 2.71. The van der Waals surface area contributed by atoms with E-state index in [2.05, 4.69) is 6.92 Å². The van der Waals surface area contributed by atoms with Crippen LogP contribution in [0.25, 0.3) is 0 Å². The summed E-state index contributed by atoms with van der Waals surface area (Å²) in [5, 5.41) is 0. The van der Waals surface area contributed by atoms with E-state index in [9.17, 15) is 4.79 Å². The van der Waals surface area contributed by atoms with Crippen molar-refractivity contribution in [3.05, 3.63) is 0 Å². The molecule has 0 N–H and O–H groups in total. The lowest BCUT2D eigenvalue weighted by Gasteiger charge is -2.08. The molecule has 1 aliphatic heterocycles.